The molecule has 0 amide bonds. The van der Waals surface area contributed by atoms with Crippen molar-refractivity contribution in [2.24, 2.45) is 80.8 Å². The Hall–Kier alpha value is -1.60. The Morgan fingerprint density at radius 3 is 1.93 bits per heavy atom. The highest BCUT2D eigenvalue weighted by molar-refractivity contribution is 5.92. The molecule has 0 bridgehead atoms. The number of carbonyl (C=O) groups is 2. The molecular weight excluding hydrogens is 753 g/mol. The molecule has 0 aromatic carbocycles. The second-order valence-electron chi connectivity index (χ2n) is 25.5. The van der Waals surface area contributed by atoms with E-state index in [1.165, 1.54) is 88.2 Å². The molecule has 6 saturated carbocycles. The van der Waals surface area contributed by atoms with Crippen LogP contribution in [0.3, 0.4) is 0 Å². The molecular formula is C55H80N2O4. The maximum absolute atomic E-state index is 12.2. The minimum absolute atomic E-state index is 0.0339. The second kappa shape index (κ2) is 13.5. The van der Waals surface area contributed by atoms with Gasteiger partial charge in [0.05, 0.1) is 23.4 Å². The molecule has 4 saturated heterocycles. The van der Waals surface area contributed by atoms with Gasteiger partial charge in [-0.15, -0.1) is 0 Å². The lowest BCUT2D eigenvalue weighted by molar-refractivity contribution is -0.147. The summed E-state index contributed by atoms with van der Waals surface area (Å²) in [5.74, 6) is 8.26. The van der Waals surface area contributed by atoms with Crippen molar-refractivity contribution in [2.45, 2.75) is 200 Å². The number of rotatable bonds is 0. The van der Waals surface area contributed by atoms with Gasteiger partial charge in [-0.2, -0.15) is 0 Å². The highest BCUT2D eigenvalue weighted by Gasteiger charge is 2.84. The number of nitrogens with one attached hydrogen (secondary N) is 2. The fourth-order valence-electron chi connectivity index (χ4n) is 20.0. The first-order valence-corrected chi connectivity index (χ1v) is 26.1. The Morgan fingerprint density at radius 2 is 1.26 bits per heavy atom. The fourth-order valence-corrected chi connectivity index (χ4v) is 20.0. The lowest BCUT2D eigenvalue weighted by Gasteiger charge is -2.50. The molecule has 10 fully saturated rings. The van der Waals surface area contributed by atoms with Gasteiger partial charge < -0.3 is 20.1 Å². The van der Waals surface area contributed by atoms with Crippen molar-refractivity contribution in [1.29, 1.82) is 0 Å². The molecule has 13 rings (SSSR count). The molecule has 6 nitrogen and oxygen atoms in total. The number of hydrogen-bond donors (Lipinski definition) is 2. The summed E-state index contributed by atoms with van der Waals surface area (Å²) in [6.45, 7) is 22.1. The predicted molar refractivity (Wildman–Crippen MR) is 241 cm³/mol. The molecule has 20 atom stereocenters. The summed E-state index contributed by atoms with van der Waals surface area (Å²) < 4.78 is 14.2. The third kappa shape index (κ3) is 5.29. The van der Waals surface area contributed by atoms with E-state index in [4.69, 9.17) is 9.47 Å². The summed E-state index contributed by atoms with van der Waals surface area (Å²) in [6, 6.07) is 1.08. The highest BCUT2D eigenvalue weighted by Crippen LogP contribution is 2.87. The van der Waals surface area contributed by atoms with Crippen molar-refractivity contribution in [1.82, 2.24) is 10.6 Å². The minimum atomic E-state index is -0.0339. The van der Waals surface area contributed by atoms with Crippen molar-refractivity contribution >= 4 is 11.6 Å². The van der Waals surface area contributed by atoms with Gasteiger partial charge in [-0.1, -0.05) is 65.2 Å². The van der Waals surface area contributed by atoms with Gasteiger partial charge in [0.15, 0.2) is 11.6 Å². The van der Waals surface area contributed by atoms with E-state index < -0.39 is 0 Å². The average Bonchev–Trinajstić information content (AvgIpc) is 3.54. The van der Waals surface area contributed by atoms with Gasteiger partial charge in [0, 0.05) is 42.2 Å². The van der Waals surface area contributed by atoms with Gasteiger partial charge in [0.2, 0.25) is 0 Å². The van der Waals surface area contributed by atoms with E-state index in [1.54, 1.807) is 11.1 Å². The normalized spacial score (nSPS) is 57.2. The van der Waals surface area contributed by atoms with Gasteiger partial charge in [-0.25, -0.2) is 0 Å². The summed E-state index contributed by atoms with van der Waals surface area (Å²) >= 11 is 0. The topological polar surface area (TPSA) is 76.7 Å². The van der Waals surface area contributed by atoms with Crippen LogP contribution in [-0.2, 0) is 19.1 Å². The van der Waals surface area contributed by atoms with Crippen LogP contribution in [0.1, 0.15) is 165 Å². The van der Waals surface area contributed by atoms with Gasteiger partial charge >= 0.3 is 0 Å². The molecule has 0 aromatic rings. The minimum Gasteiger partial charge on any atom is -0.369 e. The third-order valence-electron chi connectivity index (χ3n) is 23.4. The van der Waals surface area contributed by atoms with E-state index in [-0.39, 0.29) is 22.0 Å². The number of ketones is 2. The van der Waals surface area contributed by atoms with Crippen LogP contribution in [0.4, 0.5) is 0 Å². The van der Waals surface area contributed by atoms with E-state index in [2.05, 4.69) is 72.1 Å². The summed E-state index contributed by atoms with van der Waals surface area (Å²) in [6.07, 6.45) is 25.2. The zero-order valence-corrected chi connectivity index (χ0v) is 39.3. The number of hydrogen-bond acceptors (Lipinski definition) is 6. The maximum atomic E-state index is 12.2. The quantitative estimate of drug-likeness (QED) is 0.237. The summed E-state index contributed by atoms with van der Waals surface area (Å²) in [5.41, 5.74) is 7.79. The first-order chi connectivity index (χ1) is 29.1. The van der Waals surface area contributed by atoms with Gasteiger partial charge in [-0.3, -0.25) is 9.59 Å². The van der Waals surface area contributed by atoms with E-state index in [0.29, 0.717) is 64.4 Å². The number of carbonyl (C=O) groups excluding carboxylic acids is 2. The van der Waals surface area contributed by atoms with Crippen LogP contribution in [0.15, 0.2) is 34.4 Å². The molecule has 9 aliphatic carbocycles. The van der Waals surface area contributed by atoms with E-state index in [9.17, 15) is 9.59 Å². The smallest absolute Gasteiger partial charge is 0.155 e. The van der Waals surface area contributed by atoms with Crippen molar-refractivity contribution in [3.8, 4) is 0 Å². The van der Waals surface area contributed by atoms with Crippen molar-refractivity contribution in [3.63, 3.8) is 0 Å². The van der Waals surface area contributed by atoms with Crippen LogP contribution in [-0.4, -0.2) is 60.1 Å². The molecule has 61 heavy (non-hydrogen) atoms. The summed E-state index contributed by atoms with van der Waals surface area (Å²) in [7, 11) is 0. The Labute approximate surface area is 368 Å². The molecule has 3 spiro atoms. The summed E-state index contributed by atoms with van der Waals surface area (Å²) in [4.78, 5) is 24.3. The molecule has 334 valence electrons. The van der Waals surface area contributed by atoms with Crippen LogP contribution in [0.2, 0.25) is 0 Å². The molecule has 4 heterocycles. The Kier molecular flexibility index (Phi) is 9.04. The molecule has 4 aliphatic heterocycles. The zero-order valence-electron chi connectivity index (χ0n) is 39.3. The van der Waals surface area contributed by atoms with Crippen LogP contribution in [0, 0.1) is 80.8 Å². The van der Waals surface area contributed by atoms with Crippen LogP contribution < -0.4 is 10.6 Å². The third-order valence-corrected chi connectivity index (χ3v) is 23.4. The van der Waals surface area contributed by atoms with Crippen LogP contribution in [0.5, 0.6) is 0 Å². The van der Waals surface area contributed by atoms with Crippen molar-refractivity contribution < 1.29 is 19.1 Å². The Bertz CT molecular complexity index is 2000. The molecule has 13 aliphatic rings. The van der Waals surface area contributed by atoms with Crippen molar-refractivity contribution in [2.75, 3.05) is 13.1 Å². The summed E-state index contributed by atoms with van der Waals surface area (Å²) in [5, 5.41) is 7.74. The number of fused-ring (bicyclic) bond motifs is 12. The van der Waals surface area contributed by atoms with Crippen molar-refractivity contribution in [3.05, 3.63) is 34.4 Å². The molecule has 6 heteroatoms. The highest BCUT2D eigenvalue weighted by atomic mass is 16.5. The van der Waals surface area contributed by atoms with Gasteiger partial charge in [0.1, 0.15) is 0 Å². The molecule has 2 N–H and O–H groups in total. The van der Waals surface area contributed by atoms with E-state index >= 15 is 0 Å². The monoisotopic (exact) mass is 833 g/mol. The van der Waals surface area contributed by atoms with Crippen LogP contribution in [0.25, 0.3) is 0 Å². The predicted octanol–water partition coefficient (Wildman–Crippen LogP) is 10.5. The largest absolute Gasteiger partial charge is 0.369 e. The van der Waals surface area contributed by atoms with E-state index in [1.807, 2.05) is 6.08 Å². The molecule has 0 aromatic heterocycles. The second-order valence-corrected chi connectivity index (χ2v) is 25.5. The SMILES string of the molecule is CC1=C2C[C@H]3[C@@H](CCC4=CC(=O)CC[C@@]43C)[C@@H]2CC[C@]12O[C@@H]1C[C@H](C)CN[C@H]1[C@H]2C.C[C@@H]1CN[C@H]2[C@@H](C)[C@@]3(CC[C@H]4[C@@H]5CCC6=CC(=O)CC[C@]6(C)[C@H]5CC45CC53C)O[C@@H]2C1. The lowest BCUT2D eigenvalue weighted by atomic mass is 9.56. The first-order valence-electron chi connectivity index (χ1n) is 26.1. The zero-order chi connectivity index (χ0) is 42.2. The van der Waals surface area contributed by atoms with Crippen LogP contribution >= 0.6 is 0 Å². The lowest BCUT2D eigenvalue weighted by Crippen LogP contribution is -2.53. The molecule has 2 unspecified atom stereocenters. The van der Waals surface area contributed by atoms with E-state index in [0.717, 1.165) is 86.6 Å². The number of allylic oxidation sites excluding steroid dienone is 5. The van der Waals surface area contributed by atoms with Gasteiger partial charge in [0.25, 0.3) is 0 Å². The fraction of sp³-hybridized carbons (Fsp3) is 0.855. The average molecular weight is 833 g/mol. The molecule has 0 radical (unpaired) electrons. The van der Waals surface area contributed by atoms with Gasteiger partial charge in [-0.05, 0) is 198 Å². The maximum Gasteiger partial charge on any atom is 0.155 e. The Balaban J connectivity index is 0.000000131. The first kappa shape index (κ1) is 40.9. The standard InChI is InChI=1S/C28H41NO2.C27H39NO2/c1-16-11-23-24(29-14-16)17(2)28(31-23)10-8-21-20-6-5-18-12-19(30)7-9-25(18,3)22(20)13-27(21)15-26(27,28)4;1-15-11-24-25(28-14-15)17(3)27(30-24)10-8-20-21-6-5-18-12-19(29)7-9-26(18,4)23(21)13-22(20)16(27)2/h12,16-17,20-24,29H,5-11,13-15H2,1-4H3;12,15,17,20-21,23-25,28H,5-11,13-14H2,1-4H3/t16-,17+,20-,21-,22-,23+,24-,25-,26?,27?,28+;15-,17+,20-,21-,23-,24+,25-,26-,27-/m00/s1. The number of piperidine rings is 2. The Morgan fingerprint density at radius 1 is 0.656 bits per heavy atom. The number of ether oxygens (including phenoxy) is 2.